The van der Waals surface area contributed by atoms with Crippen molar-refractivity contribution >= 4 is 21.5 Å². The molecule has 114 valence electrons. The number of aromatic nitrogens is 2. The second-order valence-corrected chi connectivity index (χ2v) is 6.40. The number of nitrogens with zero attached hydrogens (tertiary/aromatic N) is 2. The maximum atomic E-state index is 12.5. The number of benzene rings is 1. The number of nitrogen functional groups attached to an aromatic ring is 1. The number of rotatable bonds is 6. The first kappa shape index (κ1) is 15.4. The number of nitrogens with two attached hydrogens (primary N) is 1. The predicted molar refractivity (Wildman–Crippen MR) is 83.6 cm³/mol. The summed E-state index contributed by atoms with van der Waals surface area (Å²) in [4.78, 5) is 0.00986. The van der Waals surface area contributed by atoms with E-state index in [4.69, 9.17) is 5.73 Å². The molecule has 6 nitrogen and oxygen atoms in total. The Labute approximate surface area is 125 Å². The highest BCUT2D eigenvalue weighted by Crippen LogP contribution is 2.23. The van der Waals surface area contributed by atoms with Crippen LogP contribution in [-0.2, 0) is 23.0 Å². The molecule has 0 saturated carbocycles. The Kier molecular flexibility index (Phi) is 4.52. The highest BCUT2D eigenvalue weighted by Gasteiger charge is 2.21. The first-order valence-electron chi connectivity index (χ1n) is 6.91. The van der Waals surface area contributed by atoms with E-state index >= 15 is 0 Å². The Balaban J connectivity index is 2.35. The Morgan fingerprint density at radius 3 is 2.62 bits per heavy atom. The van der Waals surface area contributed by atoms with Crippen molar-refractivity contribution in [1.29, 1.82) is 0 Å². The van der Waals surface area contributed by atoms with Gasteiger partial charge in [0, 0.05) is 12.7 Å². The van der Waals surface area contributed by atoms with E-state index < -0.39 is 10.0 Å². The molecule has 2 rings (SSSR count). The topological polar surface area (TPSA) is 90.0 Å². The van der Waals surface area contributed by atoms with Crippen LogP contribution >= 0.6 is 0 Å². The number of aryl methyl sites for hydroxylation is 2. The first-order valence-corrected chi connectivity index (χ1v) is 8.40. The largest absolute Gasteiger partial charge is 0.381 e. The Bertz CT molecular complexity index is 722. The molecule has 0 fully saturated rings. The van der Waals surface area contributed by atoms with Gasteiger partial charge >= 0.3 is 0 Å². The van der Waals surface area contributed by atoms with E-state index in [-0.39, 0.29) is 10.7 Å². The molecule has 1 aromatic heterocycles. The van der Waals surface area contributed by atoms with Crippen LogP contribution in [0, 0.1) is 0 Å². The molecule has 21 heavy (non-hydrogen) atoms. The van der Waals surface area contributed by atoms with Gasteiger partial charge in [0.2, 0.25) is 0 Å². The van der Waals surface area contributed by atoms with Crippen molar-refractivity contribution in [2.45, 2.75) is 38.1 Å². The normalized spacial score (nSPS) is 11.5. The van der Waals surface area contributed by atoms with Gasteiger partial charge in [-0.25, -0.2) is 8.42 Å². The molecule has 3 N–H and O–H groups in total. The zero-order chi connectivity index (χ0) is 15.5. The quantitative estimate of drug-likeness (QED) is 0.856. The number of hydrogen-bond donors (Lipinski definition) is 2. The maximum absolute atomic E-state index is 12.5. The second kappa shape index (κ2) is 6.17. The molecule has 1 heterocycles. The summed E-state index contributed by atoms with van der Waals surface area (Å²) < 4.78 is 29.0. The molecular weight excluding hydrogens is 288 g/mol. The van der Waals surface area contributed by atoms with Gasteiger partial charge in [-0.3, -0.25) is 9.40 Å². The van der Waals surface area contributed by atoms with Crippen LogP contribution in [-0.4, -0.2) is 18.2 Å². The van der Waals surface area contributed by atoms with Crippen LogP contribution in [0.25, 0.3) is 0 Å². The van der Waals surface area contributed by atoms with Crippen LogP contribution in [0.15, 0.2) is 35.4 Å². The third-order valence-corrected chi connectivity index (χ3v) is 4.53. The van der Waals surface area contributed by atoms with E-state index in [0.29, 0.717) is 12.2 Å². The molecule has 2 aromatic rings. The van der Waals surface area contributed by atoms with E-state index in [2.05, 4.69) is 16.7 Å². The zero-order valence-electron chi connectivity index (χ0n) is 12.2. The number of nitrogens with one attached hydrogen (secondary N) is 1. The van der Waals surface area contributed by atoms with Crippen LogP contribution in [0.1, 0.15) is 25.8 Å². The van der Waals surface area contributed by atoms with Crippen LogP contribution in [0.5, 0.6) is 0 Å². The summed E-state index contributed by atoms with van der Waals surface area (Å²) in [5, 5.41) is 3.97. The zero-order valence-corrected chi connectivity index (χ0v) is 13.0. The number of para-hydroxylation sites is 1. The third kappa shape index (κ3) is 3.36. The molecule has 7 heteroatoms. The van der Waals surface area contributed by atoms with Gasteiger partial charge in [0.05, 0.1) is 5.69 Å². The Hall–Kier alpha value is -2.02. The summed E-state index contributed by atoms with van der Waals surface area (Å²) in [7, 11) is -3.73. The molecule has 0 saturated heterocycles. The van der Waals surface area contributed by atoms with Crippen molar-refractivity contribution in [2.24, 2.45) is 0 Å². The van der Waals surface area contributed by atoms with E-state index in [9.17, 15) is 8.42 Å². The molecule has 0 amide bonds. The molecule has 0 bridgehead atoms. The summed E-state index contributed by atoms with van der Waals surface area (Å²) >= 11 is 0. The van der Waals surface area contributed by atoms with E-state index in [1.165, 1.54) is 10.9 Å². The van der Waals surface area contributed by atoms with Crippen molar-refractivity contribution in [3.8, 4) is 0 Å². The third-order valence-electron chi connectivity index (χ3n) is 3.15. The monoisotopic (exact) mass is 308 g/mol. The number of sulfonamides is 1. The van der Waals surface area contributed by atoms with Crippen LogP contribution in [0.3, 0.4) is 0 Å². The molecule has 1 aromatic carbocycles. The molecule has 0 aliphatic rings. The minimum Gasteiger partial charge on any atom is -0.381 e. The fraction of sp³-hybridized carbons (Fsp3) is 0.357. The van der Waals surface area contributed by atoms with Crippen molar-refractivity contribution in [2.75, 3.05) is 10.5 Å². The summed E-state index contributed by atoms with van der Waals surface area (Å²) in [5.41, 5.74) is 7.25. The average Bonchev–Trinajstić information content (AvgIpc) is 2.83. The smallest absolute Gasteiger partial charge is 0.267 e. The lowest BCUT2D eigenvalue weighted by Crippen LogP contribution is -2.15. The van der Waals surface area contributed by atoms with Crippen molar-refractivity contribution < 1.29 is 8.42 Å². The Morgan fingerprint density at radius 1 is 1.29 bits per heavy atom. The van der Waals surface area contributed by atoms with Crippen LogP contribution in [0.4, 0.5) is 11.5 Å². The van der Waals surface area contributed by atoms with Gasteiger partial charge in [0.15, 0.2) is 5.82 Å². The lowest BCUT2D eigenvalue weighted by Gasteiger charge is -2.11. The first-order chi connectivity index (χ1) is 9.97. The van der Waals surface area contributed by atoms with Gasteiger partial charge in [-0.05, 0) is 25.0 Å². The molecule has 0 aliphatic carbocycles. The van der Waals surface area contributed by atoms with E-state index in [1.54, 1.807) is 12.1 Å². The van der Waals surface area contributed by atoms with E-state index in [0.717, 1.165) is 18.4 Å². The van der Waals surface area contributed by atoms with Crippen molar-refractivity contribution in [1.82, 2.24) is 9.78 Å². The van der Waals surface area contributed by atoms with E-state index in [1.807, 2.05) is 19.1 Å². The number of anilines is 2. The molecule has 0 radical (unpaired) electrons. The van der Waals surface area contributed by atoms with Gasteiger partial charge in [0.1, 0.15) is 4.90 Å². The maximum Gasteiger partial charge on any atom is 0.267 e. The molecule has 0 unspecified atom stereocenters. The SMILES string of the molecule is CCCc1ccccc1NS(=O)(=O)c1cn(CC)nc1N. The minimum absolute atomic E-state index is 0.00986. The minimum atomic E-state index is -3.73. The van der Waals surface area contributed by atoms with Gasteiger partial charge < -0.3 is 5.73 Å². The van der Waals surface area contributed by atoms with Gasteiger partial charge in [-0.15, -0.1) is 0 Å². The van der Waals surface area contributed by atoms with Crippen LogP contribution < -0.4 is 10.5 Å². The Morgan fingerprint density at radius 2 is 2.00 bits per heavy atom. The summed E-state index contributed by atoms with van der Waals surface area (Å²) in [6, 6.07) is 7.37. The van der Waals surface area contributed by atoms with Gasteiger partial charge in [-0.2, -0.15) is 5.10 Å². The number of hydrogen-bond acceptors (Lipinski definition) is 4. The van der Waals surface area contributed by atoms with Gasteiger partial charge in [-0.1, -0.05) is 31.5 Å². The van der Waals surface area contributed by atoms with Crippen molar-refractivity contribution in [3.05, 3.63) is 36.0 Å². The fourth-order valence-corrected chi connectivity index (χ4v) is 3.27. The second-order valence-electron chi connectivity index (χ2n) is 4.75. The summed E-state index contributed by atoms with van der Waals surface area (Å²) in [5.74, 6) is 0.0114. The van der Waals surface area contributed by atoms with Gasteiger partial charge in [0.25, 0.3) is 10.0 Å². The van der Waals surface area contributed by atoms with Crippen LogP contribution in [0.2, 0.25) is 0 Å². The molecule has 0 spiro atoms. The standard InChI is InChI=1S/C14H20N4O2S/c1-3-7-11-8-5-6-9-12(11)17-21(19,20)13-10-18(4-2)16-14(13)15/h5-6,8-10,17H,3-4,7H2,1-2H3,(H2,15,16). The summed E-state index contributed by atoms with van der Waals surface area (Å²) in [6.07, 6.45) is 3.19. The predicted octanol–water partition coefficient (Wildman–Crippen LogP) is 2.24. The molecule has 0 atom stereocenters. The molecule has 0 aliphatic heterocycles. The molecular formula is C14H20N4O2S. The average molecular weight is 308 g/mol. The van der Waals surface area contributed by atoms with Crippen molar-refractivity contribution in [3.63, 3.8) is 0 Å². The summed E-state index contributed by atoms with van der Waals surface area (Å²) in [6.45, 7) is 4.48. The highest BCUT2D eigenvalue weighted by atomic mass is 32.2. The highest BCUT2D eigenvalue weighted by molar-refractivity contribution is 7.92. The lowest BCUT2D eigenvalue weighted by molar-refractivity contribution is 0.600. The lowest BCUT2D eigenvalue weighted by atomic mass is 10.1. The fourth-order valence-electron chi connectivity index (χ4n) is 2.09.